The smallest absolute Gasteiger partial charge is 0.323 e. The maximum Gasteiger partial charge on any atom is 0.323 e. The molecule has 3 amide bonds. The molecule has 1 heterocycles. The third-order valence-corrected chi connectivity index (χ3v) is 6.63. The minimum Gasteiger partial charge on any atom is -0.371 e. The second-order valence-electron chi connectivity index (χ2n) is 9.10. The Morgan fingerprint density at radius 2 is 1.64 bits per heavy atom. The molecule has 3 aromatic carbocycles. The number of carbonyl (C=O) groups excluding carboxylic acids is 2. The molecule has 1 aliphatic rings. The van der Waals surface area contributed by atoms with Crippen molar-refractivity contribution in [2.75, 3.05) is 35.2 Å². The number of benzene rings is 3. The number of amides is 3. The monoisotopic (exact) mass is 508 g/mol. The van der Waals surface area contributed by atoms with E-state index in [0.717, 1.165) is 43.6 Å². The summed E-state index contributed by atoms with van der Waals surface area (Å²) in [6, 6.07) is 18.8. The number of rotatable bonds is 7. The molecule has 0 unspecified atom stereocenters. The molecular weight excluding hydrogens is 479 g/mol. The van der Waals surface area contributed by atoms with Crippen LogP contribution in [0.4, 0.5) is 26.2 Å². The maximum absolute atomic E-state index is 13.4. The Morgan fingerprint density at radius 3 is 2.33 bits per heavy atom. The van der Waals surface area contributed by atoms with Crippen LogP contribution in [0.5, 0.6) is 0 Å². The lowest BCUT2D eigenvalue weighted by molar-refractivity contribution is 0.0954. The highest BCUT2D eigenvalue weighted by molar-refractivity contribution is 6.31. The minimum atomic E-state index is -0.562. The first-order valence-electron chi connectivity index (χ1n) is 12.1. The molecule has 0 radical (unpaired) electrons. The van der Waals surface area contributed by atoms with Gasteiger partial charge < -0.3 is 20.9 Å². The van der Waals surface area contributed by atoms with Crippen molar-refractivity contribution < 1.29 is 14.0 Å². The lowest BCUT2D eigenvalue weighted by atomic mass is 9.97. The number of nitrogens with zero attached hydrogens (tertiary/aromatic N) is 1. The summed E-state index contributed by atoms with van der Waals surface area (Å²) in [5.41, 5.74) is 3.35. The molecule has 0 aliphatic carbocycles. The molecule has 1 aliphatic heterocycles. The van der Waals surface area contributed by atoms with Crippen LogP contribution < -0.4 is 20.9 Å². The summed E-state index contributed by atoms with van der Waals surface area (Å²) in [7, 11) is 0. The van der Waals surface area contributed by atoms with E-state index in [1.165, 1.54) is 18.2 Å². The first-order chi connectivity index (χ1) is 17.4. The molecule has 0 aromatic heterocycles. The van der Waals surface area contributed by atoms with Crippen molar-refractivity contribution in [1.29, 1.82) is 0 Å². The third kappa shape index (κ3) is 6.76. The number of hydrogen-bond donors (Lipinski definition) is 3. The van der Waals surface area contributed by atoms with Gasteiger partial charge in [0, 0.05) is 36.7 Å². The van der Waals surface area contributed by atoms with Gasteiger partial charge in [-0.2, -0.15) is 0 Å². The summed E-state index contributed by atoms with van der Waals surface area (Å²) >= 11 is 5.80. The highest BCUT2D eigenvalue weighted by Crippen LogP contribution is 2.29. The standard InChI is InChI=1S/C28H30ClFN4O2/c1-19-12-15-34(16-13-19)26-10-8-21(32-28(36)33-22-7-9-25(30)24(29)18-22)17-23(26)27(35)31-14-11-20-5-3-2-4-6-20/h2-10,17-19H,11-16H2,1H3,(H,31,35)(H2,32,33,36). The van der Waals surface area contributed by atoms with Crippen molar-refractivity contribution in [1.82, 2.24) is 5.32 Å². The summed E-state index contributed by atoms with van der Waals surface area (Å²) in [6.07, 6.45) is 2.86. The number of anilines is 3. The predicted octanol–water partition coefficient (Wildman–Crippen LogP) is 6.33. The molecule has 1 fully saturated rings. The fourth-order valence-corrected chi connectivity index (χ4v) is 4.43. The molecule has 188 valence electrons. The van der Waals surface area contributed by atoms with Gasteiger partial charge in [-0.25, -0.2) is 9.18 Å². The van der Waals surface area contributed by atoms with Gasteiger partial charge in [0.2, 0.25) is 0 Å². The van der Waals surface area contributed by atoms with Crippen LogP contribution in [-0.4, -0.2) is 31.6 Å². The van der Waals surface area contributed by atoms with E-state index in [2.05, 4.69) is 27.8 Å². The number of piperidine rings is 1. The van der Waals surface area contributed by atoms with Crippen LogP contribution in [0, 0.1) is 11.7 Å². The molecule has 0 spiro atoms. The largest absolute Gasteiger partial charge is 0.371 e. The summed E-state index contributed by atoms with van der Waals surface area (Å²) in [5.74, 6) is -0.0869. The summed E-state index contributed by atoms with van der Waals surface area (Å²) in [4.78, 5) is 28.0. The maximum atomic E-state index is 13.4. The van der Waals surface area contributed by atoms with E-state index in [1.807, 2.05) is 36.4 Å². The molecule has 8 heteroatoms. The molecule has 1 saturated heterocycles. The van der Waals surface area contributed by atoms with Crippen molar-refractivity contribution in [3.8, 4) is 0 Å². The van der Waals surface area contributed by atoms with Gasteiger partial charge in [-0.3, -0.25) is 4.79 Å². The number of hydrogen-bond acceptors (Lipinski definition) is 3. The van der Waals surface area contributed by atoms with Crippen LogP contribution >= 0.6 is 11.6 Å². The number of nitrogens with one attached hydrogen (secondary N) is 3. The summed E-state index contributed by atoms with van der Waals surface area (Å²) in [5, 5.41) is 8.33. The Hall–Kier alpha value is -3.58. The quantitative estimate of drug-likeness (QED) is 0.349. The zero-order valence-corrected chi connectivity index (χ0v) is 20.9. The van der Waals surface area contributed by atoms with Crippen molar-refractivity contribution >= 4 is 40.6 Å². The molecule has 3 aromatic rings. The van der Waals surface area contributed by atoms with Crippen LogP contribution in [-0.2, 0) is 6.42 Å². The number of urea groups is 1. The van der Waals surface area contributed by atoms with Crippen LogP contribution in [0.2, 0.25) is 5.02 Å². The van der Waals surface area contributed by atoms with Crippen LogP contribution in [0.25, 0.3) is 0 Å². The van der Waals surface area contributed by atoms with Gasteiger partial charge in [0.25, 0.3) is 5.91 Å². The van der Waals surface area contributed by atoms with Gasteiger partial charge in [0.15, 0.2) is 0 Å². The lowest BCUT2D eigenvalue weighted by Gasteiger charge is -2.33. The molecule has 4 rings (SSSR count). The van der Waals surface area contributed by atoms with E-state index in [4.69, 9.17) is 11.6 Å². The van der Waals surface area contributed by atoms with Crippen molar-refractivity contribution in [3.63, 3.8) is 0 Å². The third-order valence-electron chi connectivity index (χ3n) is 6.34. The van der Waals surface area contributed by atoms with E-state index >= 15 is 0 Å². The van der Waals surface area contributed by atoms with E-state index < -0.39 is 11.8 Å². The molecule has 3 N–H and O–H groups in total. The SMILES string of the molecule is CC1CCN(c2ccc(NC(=O)Nc3ccc(F)c(Cl)c3)cc2C(=O)NCCc2ccccc2)CC1. The van der Waals surface area contributed by atoms with Crippen molar-refractivity contribution in [3.05, 3.63) is 88.7 Å². The second-order valence-corrected chi connectivity index (χ2v) is 9.51. The van der Waals surface area contributed by atoms with E-state index in [1.54, 1.807) is 12.1 Å². The fourth-order valence-electron chi connectivity index (χ4n) is 4.25. The average Bonchev–Trinajstić information content (AvgIpc) is 2.87. The van der Waals surface area contributed by atoms with E-state index in [9.17, 15) is 14.0 Å². The van der Waals surface area contributed by atoms with Gasteiger partial charge in [0.1, 0.15) is 5.82 Å². The zero-order chi connectivity index (χ0) is 25.5. The summed E-state index contributed by atoms with van der Waals surface area (Å²) in [6.45, 7) is 4.51. The zero-order valence-electron chi connectivity index (χ0n) is 20.2. The van der Waals surface area contributed by atoms with Gasteiger partial charge in [-0.15, -0.1) is 0 Å². The average molecular weight is 509 g/mol. The van der Waals surface area contributed by atoms with Crippen LogP contribution in [0.15, 0.2) is 66.7 Å². The van der Waals surface area contributed by atoms with Crippen LogP contribution in [0.1, 0.15) is 35.7 Å². The van der Waals surface area contributed by atoms with Crippen molar-refractivity contribution in [2.24, 2.45) is 5.92 Å². The molecule has 36 heavy (non-hydrogen) atoms. The van der Waals surface area contributed by atoms with Gasteiger partial charge >= 0.3 is 6.03 Å². The Bertz CT molecular complexity index is 1210. The Labute approximate surface area is 215 Å². The topological polar surface area (TPSA) is 73.5 Å². The number of halogens is 2. The van der Waals surface area contributed by atoms with Crippen molar-refractivity contribution in [2.45, 2.75) is 26.2 Å². The highest BCUT2D eigenvalue weighted by atomic mass is 35.5. The minimum absolute atomic E-state index is 0.0811. The molecule has 0 saturated carbocycles. The summed E-state index contributed by atoms with van der Waals surface area (Å²) < 4.78 is 13.4. The van der Waals surface area contributed by atoms with Crippen LogP contribution in [0.3, 0.4) is 0 Å². The van der Waals surface area contributed by atoms with Gasteiger partial charge in [-0.05, 0) is 67.1 Å². The van der Waals surface area contributed by atoms with Gasteiger partial charge in [-0.1, -0.05) is 48.9 Å². The number of carbonyl (C=O) groups is 2. The Morgan fingerprint density at radius 1 is 0.972 bits per heavy atom. The van der Waals surface area contributed by atoms with E-state index in [0.29, 0.717) is 29.4 Å². The molecular formula is C28H30ClFN4O2. The Kier molecular flexibility index (Phi) is 8.44. The fraction of sp³-hybridized carbons (Fsp3) is 0.286. The lowest BCUT2D eigenvalue weighted by Crippen LogP contribution is -2.35. The predicted molar refractivity (Wildman–Crippen MR) is 144 cm³/mol. The first kappa shape index (κ1) is 25.5. The van der Waals surface area contributed by atoms with E-state index in [-0.39, 0.29) is 10.9 Å². The molecule has 0 atom stereocenters. The normalized spacial score (nSPS) is 13.8. The molecule has 6 nitrogen and oxygen atoms in total. The highest BCUT2D eigenvalue weighted by Gasteiger charge is 2.22. The molecule has 0 bridgehead atoms. The first-order valence-corrected chi connectivity index (χ1v) is 12.5. The Balaban J connectivity index is 1.48. The van der Waals surface area contributed by atoms with Gasteiger partial charge in [0.05, 0.1) is 10.6 Å². The second kappa shape index (κ2) is 11.9.